The van der Waals surface area contributed by atoms with Gasteiger partial charge in [-0.15, -0.1) is 0 Å². The van der Waals surface area contributed by atoms with Crippen molar-refractivity contribution in [1.82, 2.24) is 5.06 Å². The number of hydroxylamine groups is 2. The highest BCUT2D eigenvalue weighted by molar-refractivity contribution is 5.70. The Morgan fingerprint density at radius 1 is 0.786 bits per heavy atom. The van der Waals surface area contributed by atoms with Crippen molar-refractivity contribution < 1.29 is 33.4 Å². The molecular formula is C34H37NO7. The number of nitrogens with zero attached hydrogens (tertiary/aromatic N) is 1. The van der Waals surface area contributed by atoms with Gasteiger partial charge in [0.25, 0.3) is 0 Å². The van der Waals surface area contributed by atoms with Gasteiger partial charge in [0.1, 0.15) is 18.0 Å². The summed E-state index contributed by atoms with van der Waals surface area (Å²) in [5.41, 5.74) is 3.00. The Morgan fingerprint density at radius 3 is 1.86 bits per heavy atom. The van der Waals surface area contributed by atoms with Crippen LogP contribution in [0.25, 0.3) is 0 Å². The molecule has 8 heteroatoms. The first-order valence-corrected chi connectivity index (χ1v) is 14.1. The molecule has 2 heterocycles. The maximum atomic E-state index is 12.6. The molecule has 8 nitrogen and oxygen atoms in total. The highest BCUT2D eigenvalue weighted by atomic mass is 16.6. The van der Waals surface area contributed by atoms with Crippen LogP contribution >= 0.6 is 0 Å². The number of hydrogen-bond donors (Lipinski definition) is 1. The van der Waals surface area contributed by atoms with Crippen LogP contribution < -0.4 is 0 Å². The molecule has 1 aliphatic rings. The fraction of sp³-hybridized carbons (Fsp3) is 0.324. The number of hydrogen-bond acceptors (Lipinski definition) is 8. The van der Waals surface area contributed by atoms with Gasteiger partial charge in [-0.05, 0) is 28.8 Å². The van der Waals surface area contributed by atoms with Gasteiger partial charge in [-0.25, -0.2) is 0 Å². The fourth-order valence-corrected chi connectivity index (χ4v) is 5.48. The second kappa shape index (κ2) is 14.9. The average molecular weight is 572 g/mol. The summed E-state index contributed by atoms with van der Waals surface area (Å²) in [5.74, 6) is -0.442. The monoisotopic (exact) mass is 571 g/mol. The number of furan rings is 1. The van der Waals surface area contributed by atoms with E-state index in [1.807, 2.05) is 91.0 Å². The highest BCUT2D eigenvalue weighted by Crippen LogP contribution is 2.40. The largest absolute Gasteiger partial charge is 0.469 e. The normalized spacial score (nSPS) is 21.3. The van der Waals surface area contributed by atoms with Crippen LogP contribution in [0, 0.1) is 0 Å². The van der Waals surface area contributed by atoms with Crippen LogP contribution in [-0.4, -0.2) is 54.2 Å². The molecule has 0 amide bonds. The summed E-state index contributed by atoms with van der Waals surface area (Å²) >= 11 is 0. The van der Waals surface area contributed by atoms with E-state index in [2.05, 4.69) is 0 Å². The minimum Gasteiger partial charge on any atom is -0.469 e. The van der Waals surface area contributed by atoms with Crippen molar-refractivity contribution in [3.63, 3.8) is 0 Å². The van der Waals surface area contributed by atoms with E-state index in [0.29, 0.717) is 25.6 Å². The Morgan fingerprint density at radius 2 is 1.33 bits per heavy atom. The third-order valence-electron chi connectivity index (χ3n) is 7.59. The van der Waals surface area contributed by atoms with Crippen molar-refractivity contribution in [1.29, 1.82) is 0 Å². The van der Waals surface area contributed by atoms with Crippen LogP contribution in [0.2, 0.25) is 0 Å². The Bertz CT molecular complexity index is 1330. The lowest BCUT2D eigenvalue weighted by molar-refractivity contribution is -0.173. The van der Waals surface area contributed by atoms with E-state index < -0.39 is 36.2 Å². The Kier molecular flexibility index (Phi) is 10.5. The lowest BCUT2D eigenvalue weighted by atomic mass is 9.89. The Hall–Kier alpha value is -3.79. The van der Waals surface area contributed by atoms with Crippen LogP contribution in [0.3, 0.4) is 0 Å². The first-order chi connectivity index (χ1) is 20.6. The third kappa shape index (κ3) is 7.53. The lowest BCUT2D eigenvalue weighted by Gasteiger charge is -2.31. The van der Waals surface area contributed by atoms with E-state index in [4.69, 9.17) is 23.4 Å². The first kappa shape index (κ1) is 29.7. The number of benzene rings is 3. The molecule has 1 aliphatic heterocycles. The van der Waals surface area contributed by atoms with Gasteiger partial charge in [0.15, 0.2) is 0 Å². The number of esters is 1. The summed E-state index contributed by atoms with van der Waals surface area (Å²) in [6.45, 7) is 1.16. The van der Waals surface area contributed by atoms with E-state index in [0.717, 1.165) is 16.7 Å². The predicted octanol–water partition coefficient (Wildman–Crippen LogP) is 5.76. The summed E-state index contributed by atoms with van der Waals surface area (Å²) in [5, 5.41) is 13.1. The SMILES string of the molecule is COC(=O)C[C@H](c1ccco1)[C@H]1[C@H](OCc2ccccc2)[C@H](OCc2ccccc2)[C@H](COCc2ccccc2)N1O. The molecule has 0 saturated carbocycles. The van der Waals surface area contributed by atoms with Gasteiger partial charge in [-0.1, -0.05) is 91.0 Å². The van der Waals surface area contributed by atoms with Crippen LogP contribution in [0.1, 0.15) is 34.8 Å². The summed E-state index contributed by atoms with van der Waals surface area (Å²) < 4.78 is 30.1. The zero-order valence-electron chi connectivity index (χ0n) is 23.7. The minimum absolute atomic E-state index is 0.0140. The summed E-state index contributed by atoms with van der Waals surface area (Å²) in [7, 11) is 1.35. The van der Waals surface area contributed by atoms with Crippen LogP contribution in [0.15, 0.2) is 114 Å². The zero-order valence-corrected chi connectivity index (χ0v) is 23.7. The molecule has 1 aromatic heterocycles. The van der Waals surface area contributed by atoms with E-state index in [9.17, 15) is 10.0 Å². The number of rotatable bonds is 14. The average Bonchev–Trinajstić information content (AvgIpc) is 3.66. The predicted molar refractivity (Wildman–Crippen MR) is 155 cm³/mol. The molecule has 0 aliphatic carbocycles. The maximum absolute atomic E-state index is 12.6. The standard InChI is InChI=1S/C34H37NO7/c1-38-31(36)20-28(30-18-11-19-40-30)32-34(42-23-27-16-9-4-10-17-27)33(41-22-26-14-7-3-8-15-26)29(35(32)37)24-39-21-25-12-5-2-6-13-25/h2-19,28-29,32-34,37H,20-24H2,1H3/t28-,29+,32+,33-,34+/m1/s1. The van der Waals surface area contributed by atoms with Crippen LogP contribution in [0.5, 0.6) is 0 Å². The molecule has 1 fully saturated rings. The molecular weight excluding hydrogens is 534 g/mol. The van der Waals surface area contributed by atoms with Crippen LogP contribution in [0.4, 0.5) is 0 Å². The second-order valence-electron chi connectivity index (χ2n) is 10.4. The highest BCUT2D eigenvalue weighted by Gasteiger charge is 2.54. The molecule has 0 spiro atoms. The number of carbonyl (C=O) groups is 1. The summed E-state index contributed by atoms with van der Waals surface area (Å²) in [6, 6.07) is 31.8. The van der Waals surface area contributed by atoms with Gasteiger partial charge in [0.2, 0.25) is 0 Å². The zero-order chi connectivity index (χ0) is 29.1. The van der Waals surface area contributed by atoms with Gasteiger partial charge < -0.3 is 28.6 Å². The molecule has 5 rings (SSSR count). The molecule has 4 aromatic rings. The van der Waals surface area contributed by atoms with Gasteiger partial charge in [0, 0.05) is 5.92 Å². The van der Waals surface area contributed by atoms with E-state index in [1.165, 1.54) is 12.2 Å². The number of methoxy groups -OCH3 is 1. The molecule has 0 unspecified atom stereocenters. The maximum Gasteiger partial charge on any atom is 0.306 e. The Labute approximate surface area is 246 Å². The third-order valence-corrected chi connectivity index (χ3v) is 7.59. The van der Waals surface area contributed by atoms with Crippen molar-refractivity contribution >= 4 is 5.97 Å². The molecule has 3 aromatic carbocycles. The molecule has 1 N–H and O–H groups in total. The number of carbonyl (C=O) groups excluding carboxylic acids is 1. The summed E-state index contributed by atoms with van der Waals surface area (Å²) in [4.78, 5) is 12.6. The van der Waals surface area contributed by atoms with Gasteiger partial charge in [-0.3, -0.25) is 4.79 Å². The fourth-order valence-electron chi connectivity index (χ4n) is 5.48. The van der Waals surface area contributed by atoms with Crippen molar-refractivity contribution in [3.05, 3.63) is 132 Å². The summed E-state index contributed by atoms with van der Waals surface area (Å²) in [6.07, 6.45) is 0.318. The van der Waals surface area contributed by atoms with Gasteiger partial charge in [0.05, 0.1) is 58.3 Å². The smallest absolute Gasteiger partial charge is 0.306 e. The van der Waals surface area contributed by atoms with Crippen molar-refractivity contribution in [2.75, 3.05) is 13.7 Å². The van der Waals surface area contributed by atoms with Crippen molar-refractivity contribution in [2.24, 2.45) is 0 Å². The molecule has 220 valence electrons. The van der Waals surface area contributed by atoms with Crippen molar-refractivity contribution in [3.8, 4) is 0 Å². The van der Waals surface area contributed by atoms with Crippen molar-refractivity contribution in [2.45, 2.75) is 56.5 Å². The molecule has 42 heavy (non-hydrogen) atoms. The van der Waals surface area contributed by atoms with E-state index in [-0.39, 0.29) is 13.0 Å². The van der Waals surface area contributed by atoms with E-state index in [1.54, 1.807) is 18.4 Å². The molecule has 0 bridgehead atoms. The quantitative estimate of drug-likeness (QED) is 0.191. The topological polar surface area (TPSA) is 90.6 Å². The first-order valence-electron chi connectivity index (χ1n) is 14.1. The van der Waals surface area contributed by atoms with Crippen LogP contribution in [-0.2, 0) is 43.6 Å². The molecule has 5 atom stereocenters. The molecule has 0 radical (unpaired) electrons. The van der Waals surface area contributed by atoms with Gasteiger partial charge >= 0.3 is 5.97 Å². The molecule has 1 saturated heterocycles. The number of ether oxygens (including phenoxy) is 4. The Balaban J connectivity index is 1.46. The lowest BCUT2D eigenvalue weighted by Crippen LogP contribution is -2.43. The second-order valence-corrected chi connectivity index (χ2v) is 10.4. The van der Waals surface area contributed by atoms with E-state index >= 15 is 0 Å². The van der Waals surface area contributed by atoms with Gasteiger partial charge in [-0.2, -0.15) is 5.06 Å². The minimum atomic E-state index is -0.690.